The van der Waals surface area contributed by atoms with E-state index in [2.05, 4.69) is 0 Å². The number of rotatable bonds is 4. The van der Waals surface area contributed by atoms with Crippen molar-refractivity contribution >= 4 is 5.78 Å². The fraction of sp³-hybridized carbons (Fsp3) is 0.875. The minimum atomic E-state index is -0.442. The third-order valence-electron chi connectivity index (χ3n) is 1.84. The summed E-state index contributed by atoms with van der Waals surface area (Å²) >= 11 is 0. The van der Waals surface area contributed by atoms with E-state index in [0.717, 1.165) is 6.42 Å². The Morgan fingerprint density at radius 3 is 2.00 bits per heavy atom. The van der Waals surface area contributed by atoms with Crippen LogP contribution in [0.15, 0.2) is 0 Å². The molecule has 0 rings (SSSR count). The number of carbonyl (C=O) groups excluding carboxylic acids is 1. The number of ketones is 1. The van der Waals surface area contributed by atoms with Crippen LogP contribution in [0.5, 0.6) is 0 Å². The van der Waals surface area contributed by atoms with E-state index in [9.17, 15) is 9.90 Å². The number of aliphatic hydroxyl groups excluding tert-OH is 1. The molecule has 0 aliphatic rings. The fourth-order valence-electron chi connectivity index (χ4n) is 1.11. The third-order valence-corrected chi connectivity index (χ3v) is 1.84. The van der Waals surface area contributed by atoms with Crippen LogP contribution in [-0.2, 0) is 4.79 Å². The van der Waals surface area contributed by atoms with E-state index < -0.39 is 6.10 Å². The summed E-state index contributed by atoms with van der Waals surface area (Å²) in [7, 11) is 0. The van der Waals surface area contributed by atoms with Crippen LogP contribution in [-0.4, -0.2) is 17.0 Å². The van der Waals surface area contributed by atoms with E-state index in [4.69, 9.17) is 0 Å². The van der Waals surface area contributed by atoms with Gasteiger partial charge in [0.05, 0.1) is 6.10 Å². The fourth-order valence-corrected chi connectivity index (χ4v) is 1.11. The van der Waals surface area contributed by atoms with Crippen LogP contribution in [0.25, 0.3) is 0 Å². The molecule has 0 aromatic rings. The highest BCUT2D eigenvalue weighted by Gasteiger charge is 2.19. The molecule has 0 aromatic heterocycles. The van der Waals surface area contributed by atoms with E-state index in [-0.39, 0.29) is 11.7 Å². The summed E-state index contributed by atoms with van der Waals surface area (Å²) in [5.41, 5.74) is 0. The molecule has 1 N–H and O–H groups in total. The molecule has 0 bridgehead atoms. The standard InChI is InChI=1S/C8H16O2/c1-4-7(6(3)9)8(10)5-2/h7-8,10H,4-5H2,1-3H3. The van der Waals surface area contributed by atoms with Crippen molar-refractivity contribution in [1.82, 2.24) is 0 Å². The van der Waals surface area contributed by atoms with Gasteiger partial charge in [0, 0.05) is 5.92 Å². The van der Waals surface area contributed by atoms with Gasteiger partial charge in [0.2, 0.25) is 0 Å². The van der Waals surface area contributed by atoms with Crippen molar-refractivity contribution in [3.05, 3.63) is 0 Å². The molecule has 0 heterocycles. The maximum Gasteiger partial charge on any atom is 0.135 e. The Kier molecular flexibility index (Phi) is 4.28. The summed E-state index contributed by atoms with van der Waals surface area (Å²) in [4.78, 5) is 10.8. The molecular formula is C8H16O2. The summed E-state index contributed by atoms with van der Waals surface area (Å²) in [6.45, 7) is 5.34. The number of aliphatic hydroxyl groups is 1. The lowest BCUT2D eigenvalue weighted by atomic mass is 9.94. The quantitative estimate of drug-likeness (QED) is 0.647. The molecule has 10 heavy (non-hydrogen) atoms. The van der Waals surface area contributed by atoms with E-state index in [0.29, 0.717) is 6.42 Å². The minimum Gasteiger partial charge on any atom is -0.392 e. The maximum atomic E-state index is 10.8. The zero-order chi connectivity index (χ0) is 8.15. The summed E-state index contributed by atoms with van der Waals surface area (Å²) in [5, 5.41) is 9.27. The van der Waals surface area contributed by atoms with Crippen molar-refractivity contribution in [3.8, 4) is 0 Å². The van der Waals surface area contributed by atoms with E-state index in [1.54, 1.807) is 0 Å². The largest absolute Gasteiger partial charge is 0.392 e. The Morgan fingerprint density at radius 1 is 1.40 bits per heavy atom. The molecule has 0 aliphatic carbocycles. The van der Waals surface area contributed by atoms with Crippen LogP contribution in [0, 0.1) is 5.92 Å². The van der Waals surface area contributed by atoms with Crippen LogP contribution in [0.4, 0.5) is 0 Å². The van der Waals surface area contributed by atoms with Crippen molar-refractivity contribution < 1.29 is 9.90 Å². The van der Waals surface area contributed by atoms with Gasteiger partial charge in [-0.15, -0.1) is 0 Å². The Labute approximate surface area is 62.2 Å². The molecule has 0 radical (unpaired) electrons. The number of hydrogen-bond donors (Lipinski definition) is 1. The highest BCUT2D eigenvalue weighted by molar-refractivity contribution is 5.78. The number of hydrogen-bond acceptors (Lipinski definition) is 2. The molecule has 0 saturated carbocycles. The van der Waals surface area contributed by atoms with E-state index in [1.807, 2.05) is 13.8 Å². The molecule has 2 atom stereocenters. The molecule has 0 aliphatic heterocycles. The van der Waals surface area contributed by atoms with Gasteiger partial charge >= 0.3 is 0 Å². The first-order valence-electron chi connectivity index (χ1n) is 3.82. The normalized spacial score (nSPS) is 16.4. The van der Waals surface area contributed by atoms with Crippen LogP contribution in [0.1, 0.15) is 33.6 Å². The maximum absolute atomic E-state index is 10.8. The van der Waals surface area contributed by atoms with Gasteiger partial charge in [-0.2, -0.15) is 0 Å². The smallest absolute Gasteiger partial charge is 0.135 e. The lowest BCUT2D eigenvalue weighted by Crippen LogP contribution is -2.25. The van der Waals surface area contributed by atoms with Crippen molar-refractivity contribution in [1.29, 1.82) is 0 Å². The predicted molar refractivity (Wildman–Crippen MR) is 40.8 cm³/mol. The summed E-state index contributed by atoms with van der Waals surface area (Å²) in [6, 6.07) is 0. The Hall–Kier alpha value is -0.370. The lowest BCUT2D eigenvalue weighted by Gasteiger charge is -2.16. The average Bonchev–Trinajstić information content (AvgIpc) is 1.88. The summed E-state index contributed by atoms with van der Waals surface area (Å²) < 4.78 is 0. The molecule has 2 nitrogen and oxygen atoms in total. The summed E-state index contributed by atoms with van der Waals surface area (Å²) in [5.74, 6) is -0.0538. The van der Waals surface area contributed by atoms with Gasteiger partial charge in [-0.3, -0.25) is 4.79 Å². The predicted octanol–water partition coefficient (Wildman–Crippen LogP) is 1.37. The first-order chi connectivity index (χ1) is 4.63. The van der Waals surface area contributed by atoms with Crippen LogP contribution >= 0.6 is 0 Å². The number of Topliss-reactive ketones (excluding diaryl/α,β-unsaturated/α-hetero) is 1. The molecule has 0 fully saturated rings. The SMILES string of the molecule is CCC(O)C(CC)C(C)=O. The highest BCUT2D eigenvalue weighted by Crippen LogP contribution is 2.12. The van der Waals surface area contributed by atoms with Crippen LogP contribution < -0.4 is 0 Å². The van der Waals surface area contributed by atoms with Gasteiger partial charge < -0.3 is 5.11 Å². The topological polar surface area (TPSA) is 37.3 Å². The Balaban J connectivity index is 3.92. The Morgan fingerprint density at radius 2 is 1.90 bits per heavy atom. The molecule has 60 valence electrons. The van der Waals surface area contributed by atoms with Crippen LogP contribution in [0.2, 0.25) is 0 Å². The van der Waals surface area contributed by atoms with Gasteiger partial charge in [-0.1, -0.05) is 13.8 Å². The van der Waals surface area contributed by atoms with Gasteiger partial charge in [-0.05, 0) is 19.8 Å². The Bertz CT molecular complexity index is 110. The second-order valence-corrected chi connectivity index (χ2v) is 2.60. The van der Waals surface area contributed by atoms with Gasteiger partial charge in [0.15, 0.2) is 0 Å². The third kappa shape index (κ3) is 2.48. The van der Waals surface area contributed by atoms with Crippen molar-refractivity contribution in [3.63, 3.8) is 0 Å². The summed E-state index contributed by atoms with van der Waals surface area (Å²) in [6.07, 6.45) is 0.963. The van der Waals surface area contributed by atoms with E-state index in [1.165, 1.54) is 6.92 Å². The zero-order valence-electron chi connectivity index (χ0n) is 6.92. The first-order valence-corrected chi connectivity index (χ1v) is 3.82. The average molecular weight is 144 g/mol. The number of carbonyl (C=O) groups is 1. The highest BCUT2D eigenvalue weighted by atomic mass is 16.3. The van der Waals surface area contributed by atoms with Crippen molar-refractivity contribution in [2.24, 2.45) is 5.92 Å². The first kappa shape index (κ1) is 9.63. The molecular weight excluding hydrogens is 128 g/mol. The zero-order valence-corrected chi connectivity index (χ0v) is 6.92. The van der Waals surface area contributed by atoms with Crippen molar-refractivity contribution in [2.75, 3.05) is 0 Å². The molecule has 0 amide bonds. The van der Waals surface area contributed by atoms with Crippen molar-refractivity contribution in [2.45, 2.75) is 39.7 Å². The molecule has 0 saturated heterocycles. The second-order valence-electron chi connectivity index (χ2n) is 2.60. The second kappa shape index (κ2) is 4.45. The minimum absolute atomic E-state index is 0.0943. The van der Waals surface area contributed by atoms with Gasteiger partial charge in [-0.25, -0.2) is 0 Å². The molecule has 2 unspecified atom stereocenters. The van der Waals surface area contributed by atoms with Gasteiger partial charge in [0.25, 0.3) is 0 Å². The monoisotopic (exact) mass is 144 g/mol. The molecule has 0 aromatic carbocycles. The molecule has 0 spiro atoms. The van der Waals surface area contributed by atoms with Crippen LogP contribution in [0.3, 0.4) is 0 Å². The lowest BCUT2D eigenvalue weighted by molar-refractivity contribution is -0.124. The van der Waals surface area contributed by atoms with E-state index >= 15 is 0 Å². The molecule has 2 heteroatoms. The van der Waals surface area contributed by atoms with Gasteiger partial charge in [0.1, 0.15) is 5.78 Å².